The third-order valence-corrected chi connectivity index (χ3v) is 6.93. The average Bonchev–Trinajstić information content (AvgIpc) is 3.51. The Kier molecular flexibility index (Phi) is 5.92. The summed E-state index contributed by atoms with van der Waals surface area (Å²) in [5, 5.41) is 0.202. The average molecular weight is 416 g/mol. The van der Waals surface area contributed by atoms with Crippen molar-refractivity contribution in [1.82, 2.24) is 15.2 Å². The number of rotatable bonds is 5. The number of halogens is 1. The topological polar surface area (TPSA) is 105 Å². The highest BCUT2D eigenvalue weighted by atomic mass is 35.5. The summed E-state index contributed by atoms with van der Waals surface area (Å²) in [5.74, 6) is -0.735. The highest BCUT2D eigenvalue weighted by molar-refractivity contribution is 7.89. The van der Waals surface area contributed by atoms with Crippen LogP contribution in [0.5, 0.6) is 5.75 Å². The second kappa shape index (κ2) is 8.04. The van der Waals surface area contributed by atoms with Crippen LogP contribution in [0.4, 0.5) is 0 Å². The van der Waals surface area contributed by atoms with Gasteiger partial charge in [0.05, 0.1) is 22.9 Å². The zero-order chi connectivity index (χ0) is 19.6. The number of amides is 2. The maximum absolute atomic E-state index is 12.9. The van der Waals surface area contributed by atoms with Crippen LogP contribution in [0.1, 0.15) is 25.7 Å². The maximum Gasteiger partial charge on any atom is 0.243 e. The second-order valence-electron chi connectivity index (χ2n) is 6.75. The number of hydrazine groups is 1. The Bertz CT molecular complexity index is 841. The lowest BCUT2D eigenvalue weighted by molar-refractivity contribution is -0.132. The monoisotopic (exact) mass is 415 g/mol. The molecule has 2 N–H and O–H groups in total. The van der Waals surface area contributed by atoms with E-state index in [1.165, 1.54) is 29.6 Å². The van der Waals surface area contributed by atoms with Gasteiger partial charge in [-0.2, -0.15) is 4.31 Å². The molecule has 1 aliphatic carbocycles. The summed E-state index contributed by atoms with van der Waals surface area (Å²) in [6, 6.07) is 4.27. The number of carbonyl (C=O) groups excluding carboxylic acids is 2. The van der Waals surface area contributed by atoms with Gasteiger partial charge in [0.2, 0.25) is 21.8 Å². The standard InChI is InChI=1S/C17H22ClN3O5S/c1-26-15-7-6-13(9-14(15)18)27(24,25)21-8-2-3-12(10-21)17(23)20-19-16(22)11-4-5-11/h6-7,9,11-12H,2-5,8,10H2,1H3,(H,19,22)(H,20,23). The van der Waals surface area contributed by atoms with Crippen molar-refractivity contribution in [2.75, 3.05) is 20.2 Å². The first-order chi connectivity index (χ1) is 12.8. The molecule has 10 heteroatoms. The lowest BCUT2D eigenvalue weighted by Crippen LogP contribution is -2.50. The van der Waals surface area contributed by atoms with Gasteiger partial charge in [-0.05, 0) is 43.9 Å². The molecule has 148 valence electrons. The molecule has 1 saturated heterocycles. The fraction of sp³-hybridized carbons (Fsp3) is 0.529. The quantitative estimate of drug-likeness (QED) is 0.705. The molecule has 1 aromatic rings. The molecule has 1 heterocycles. The number of hydrogen-bond donors (Lipinski definition) is 2. The molecule has 1 saturated carbocycles. The predicted molar refractivity (Wildman–Crippen MR) is 98.5 cm³/mol. The van der Waals surface area contributed by atoms with E-state index in [-0.39, 0.29) is 34.2 Å². The van der Waals surface area contributed by atoms with E-state index in [0.29, 0.717) is 25.1 Å². The molecule has 0 spiro atoms. The van der Waals surface area contributed by atoms with Crippen LogP contribution >= 0.6 is 11.6 Å². The summed E-state index contributed by atoms with van der Waals surface area (Å²) in [6.07, 6.45) is 2.78. The fourth-order valence-corrected chi connectivity index (χ4v) is 4.88. The van der Waals surface area contributed by atoms with Crippen molar-refractivity contribution in [2.45, 2.75) is 30.6 Å². The minimum atomic E-state index is -3.78. The van der Waals surface area contributed by atoms with Gasteiger partial charge in [-0.25, -0.2) is 8.42 Å². The van der Waals surface area contributed by atoms with Crippen LogP contribution in [-0.2, 0) is 19.6 Å². The van der Waals surface area contributed by atoms with Crippen LogP contribution in [-0.4, -0.2) is 44.7 Å². The van der Waals surface area contributed by atoms with E-state index in [1.54, 1.807) is 0 Å². The Morgan fingerprint density at radius 1 is 1.15 bits per heavy atom. The maximum atomic E-state index is 12.9. The number of sulfonamides is 1. The highest BCUT2D eigenvalue weighted by Crippen LogP contribution is 2.30. The summed E-state index contributed by atoms with van der Waals surface area (Å²) in [5.41, 5.74) is 4.82. The largest absolute Gasteiger partial charge is 0.495 e. The Morgan fingerprint density at radius 3 is 2.41 bits per heavy atom. The van der Waals surface area contributed by atoms with Crippen molar-refractivity contribution >= 4 is 33.4 Å². The number of nitrogens with one attached hydrogen (secondary N) is 2. The Labute approximate surface area is 163 Å². The molecule has 0 bridgehead atoms. The summed E-state index contributed by atoms with van der Waals surface area (Å²) in [7, 11) is -2.34. The van der Waals surface area contributed by atoms with E-state index in [9.17, 15) is 18.0 Å². The summed E-state index contributed by atoms with van der Waals surface area (Å²) in [4.78, 5) is 24.0. The first-order valence-corrected chi connectivity index (χ1v) is 10.6. The summed E-state index contributed by atoms with van der Waals surface area (Å²) >= 11 is 6.04. The molecule has 2 aliphatic rings. The van der Waals surface area contributed by atoms with Gasteiger partial charge in [-0.3, -0.25) is 20.4 Å². The molecule has 1 aliphatic heterocycles. The second-order valence-corrected chi connectivity index (χ2v) is 9.10. The fourth-order valence-electron chi connectivity index (χ4n) is 3.00. The first kappa shape index (κ1) is 19.9. The van der Waals surface area contributed by atoms with Crippen LogP contribution in [0.3, 0.4) is 0 Å². The zero-order valence-electron chi connectivity index (χ0n) is 14.9. The lowest BCUT2D eigenvalue weighted by atomic mass is 9.99. The van der Waals surface area contributed by atoms with Crippen LogP contribution in [0.2, 0.25) is 5.02 Å². The molecule has 27 heavy (non-hydrogen) atoms. The Hall–Kier alpha value is -1.84. The number of piperidine rings is 1. The minimum absolute atomic E-state index is 0.0200. The molecular formula is C17H22ClN3O5S. The normalized spacial score (nSPS) is 20.7. The molecule has 8 nitrogen and oxygen atoms in total. The van der Waals surface area contributed by atoms with E-state index < -0.39 is 15.9 Å². The number of methoxy groups -OCH3 is 1. The SMILES string of the molecule is COc1ccc(S(=O)(=O)N2CCCC(C(=O)NNC(=O)C3CC3)C2)cc1Cl. The van der Waals surface area contributed by atoms with Gasteiger partial charge >= 0.3 is 0 Å². The Morgan fingerprint density at radius 2 is 1.81 bits per heavy atom. The molecular weight excluding hydrogens is 394 g/mol. The minimum Gasteiger partial charge on any atom is -0.495 e. The molecule has 2 fully saturated rings. The number of nitrogens with zero attached hydrogens (tertiary/aromatic N) is 1. The number of benzene rings is 1. The van der Waals surface area contributed by atoms with Crippen LogP contribution in [0.25, 0.3) is 0 Å². The van der Waals surface area contributed by atoms with Crippen molar-refractivity contribution in [3.8, 4) is 5.75 Å². The van der Waals surface area contributed by atoms with Crippen molar-refractivity contribution < 1.29 is 22.7 Å². The van der Waals surface area contributed by atoms with Crippen LogP contribution in [0.15, 0.2) is 23.1 Å². The van der Waals surface area contributed by atoms with Gasteiger partial charge in [-0.15, -0.1) is 0 Å². The van der Waals surface area contributed by atoms with Gasteiger partial charge in [0.1, 0.15) is 5.75 Å². The molecule has 1 atom stereocenters. The Balaban J connectivity index is 1.66. The molecule has 1 aromatic carbocycles. The number of ether oxygens (including phenoxy) is 1. The van der Waals surface area contributed by atoms with Gasteiger partial charge in [0, 0.05) is 19.0 Å². The molecule has 0 aromatic heterocycles. The van der Waals surface area contributed by atoms with E-state index in [0.717, 1.165) is 12.8 Å². The van der Waals surface area contributed by atoms with Crippen LogP contribution < -0.4 is 15.6 Å². The van der Waals surface area contributed by atoms with Crippen molar-refractivity contribution in [3.05, 3.63) is 23.2 Å². The van der Waals surface area contributed by atoms with Gasteiger partial charge in [0.15, 0.2) is 0 Å². The smallest absolute Gasteiger partial charge is 0.243 e. The first-order valence-electron chi connectivity index (χ1n) is 8.76. The third-order valence-electron chi connectivity index (χ3n) is 4.77. The molecule has 1 unspecified atom stereocenters. The molecule has 0 radical (unpaired) electrons. The van der Waals surface area contributed by atoms with E-state index in [4.69, 9.17) is 16.3 Å². The number of hydrogen-bond acceptors (Lipinski definition) is 5. The number of carbonyl (C=O) groups is 2. The van der Waals surface area contributed by atoms with Crippen molar-refractivity contribution in [3.63, 3.8) is 0 Å². The van der Waals surface area contributed by atoms with E-state index in [2.05, 4.69) is 10.9 Å². The zero-order valence-corrected chi connectivity index (χ0v) is 16.5. The van der Waals surface area contributed by atoms with E-state index >= 15 is 0 Å². The van der Waals surface area contributed by atoms with Crippen LogP contribution in [0, 0.1) is 11.8 Å². The molecule has 3 rings (SSSR count). The summed E-state index contributed by atoms with van der Waals surface area (Å²) < 4.78 is 32.1. The van der Waals surface area contributed by atoms with Gasteiger partial charge in [0.25, 0.3) is 0 Å². The van der Waals surface area contributed by atoms with Crippen molar-refractivity contribution in [2.24, 2.45) is 11.8 Å². The summed E-state index contributed by atoms with van der Waals surface area (Å²) in [6.45, 7) is 0.376. The molecule has 2 amide bonds. The van der Waals surface area contributed by atoms with Gasteiger partial charge < -0.3 is 4.74 Å². The highest BCUT2D eigenvalue weighted by Gasteiger charge is 2.34. The van der Waals surface area contributed by atoms with Crippen molar-refractivity contribution in [1.29, 1.82) is 0 Å². The lowest BCUT2D eigenvalue weighted by Gasteiger charge is -2.31. The third kappa shape index (κ3) is 4.53. The predicted octanol–water partition coefficient (Wildman–Crippen LogP) is 1.31. The van der Waals surface area contributed by atoms with E-state index in [1.807, 2.05) is 0 Å². The van der Waals surface area contributed by atoms with Gasteiger partial charge in [-0.1, -0.05) is 11.6 Å².